The van der Waals surface area contributed by atoms with Crippen LogP contribution in [0.1, 0.15) is 12.7 Å². The molecular weight excluding hydrogens is 166 g/mol. The van der Waals surface area contributed by atoms with Gasteiger partial charge in [-0.2, -0.15) is 0 Å². The van der Waals surface area contributed by atoms with Crippen molar-refractivity contribution in [1.29, 1.82) is 0 Å². The van der Waals surface area contributed by atoms with Crippen LogP contribution in [0.25, 0.3) is 0 Å². The van der Waals surface area contributed by atoms with Crippen molar-refractivity contribution in [3.05, 3.63) is 18.2 Å². The third-order valence-electron chi connectivity index (χ3n) is 2.16. The Balaban J connectivity index is 2.60. The predicted octanol–water partition coefficient (Wildman–Crippen LogP) is 0.126. The van der Waals surface area contributed by atoms with E-state index in [4.69, 9.17) is 5.73 Å². The van der Waals surface area contributed by atoms with Crippen LogP contribution in [0.15, 0.2) is 12.4 Å². The van der Waals surface area contributed by atoms with Crippen molar-refractivity contribution >= 4 is 5.78 Å². The topological polar surface area (TPSA) is 60.9 Å². The van der Waals surface area contributed by atoms with Crippen molar-refractivity contribution in [2.75, 3.05) is 6.54 Å². The lowest BCUT2D eigenvalue weighted by Crippen LogP contribution is -2.23. The number of Topliss-reactive ketones (excluding diaryl/α,β-unsaturated/α-hetero) is 1. The van der Waals surface area contributed by atoms with Crippen molar-refractivity contribution < 1.29 is 4.79 Å². The molecule has 1 aromatic rings. The molecular formula is C9H15N3O. The summed E-state index contributed by atoms with van der Waals surface area (Å²) in [4.78, 5) is 15.5. The zero-order chi connectivity index (χ0) is 9.84. The number of aromatic nitrogens is 2. The van der Waals surface area contributed by atoms with Gasteiger partial charge in [0, 0.05) is 31.9 Å². The monoisotopic (exact) mass is 181 g/mol. The second-order valence-corrected chi connectivity index (χ2v) is 3.23. The Bertz CT molecular complexity index is 293. The second kappa shape index (κ2) is 4.18. The highest BCUT2D eigenvalue weighted by molar-refractivity contribution is 5.82. The zero-order valence-corrected chi connectivity index (χ0v) is 8.03. The molecule has 0 bridgehead atoms. The molecule has 1 unspecified atom stereocenters. The van der Waals surface area contributed by atoms with E-state index in [0.717, 1.165) is 5.82 Å². The van der Waals surface area contributed by atoms with Crippen molar-refractivity contribution in [2.24, 2.45) is 18.7 Å². The quantitative estimate of drug-likeness (QED) is 0.718. The molecule has 0 saturated heterocycles. The van der Waals surface area contributed by atoms with Crippen LogP contribution in [0.4, 0.5) is 0 Å². The molecule has 72 valence electrons. The molecule has 4 heteroatoms. The van der Waals surface area contributed by atoms with Crippen LogP contribution in [-0.4, -0.2) is 21.9 Å². The van der Waals surface area contributed by atoms with Gasteiger partial charge in [-0.15, -0.1) is 0 Å². The minimum atomic E-state index is -0.0725. The summed E-state index contributed by atoms with van der Waals surface area (Å²) in [6.45, 7) is 2.24. The maximum atomic E-state index is 11.5. The number of imidazole rings is 1. The molecule has 1 aromatic heterocycles. The fraction of sp³-hybridized carbons (Fsp3) is 0.556. The van der Waals surface area contributed by atoms with Crippen LogP contribution in [0.3, 0.4) is 0 Å². The first-order valence-corrected chi connectivity index (χ1v) is 4.34. The summed E-state index contributed by atoms with van der Waals surface area (Å²) < 4.78 is 1.85. The Morgan fingerprint density at radius 2 is 2.46 bits per heavy atom. The Kier molecular flexibility index (Phi) is 3.19. The molecule has 0 spiro atoms. The normalized spacial score (nSPS) is 12.8. The molecule has 0 aliphatic heterocycles. The van der Waals surface area contributed by atoms with Gasteiger partial charge in [0.2, 0.25) is 0 Å². The maximum Gasteiger partial charge on any atom is 0.144 e. The standard InChI is InChI=1S/C9H15N3O/c1-7(6-10)8(13)5-9-11-3-4-12(9)2/h3-4,7H,5-6,10H2,1-2H3. The lowest BCUT2D eigenvalue weighted by Gasteiger charge is -2.06. The summed E-state index contributed by atoms with van der Waals surface area (Å²) in [5.74, 6) is 0.874. The molecule has 0 amide bonds. The van der Waals surface area contributed by atoms with E-state index in [2.05, 4.69) is 4.98 Å². The van der Waals surface area contributed by atoms with Gasteiger partial charge in [-0.1, -0.05) is 6.92 Å². The van der Waals surface area contributed by atoms with E-state index < -0.39 is 0 Å². The molecule has 0 aliphatic rings. The number of hydrogen-bond acceptors (Lipinski definition) is 3. The van der Waals surface area contributed by atoms with E-state index in [1.54, 1.807) is 6.20 Å². The number of carbonyl (C=O) groups excluding carboxylic acids is 1. The summed E-state index contributed by atoms with van der Waals surface area (Å²) in [6, 6.07) is 0. The summed E-state index contributed by atoms with van der Waals surface area (Å²) in [7, 11) is 1.88. The van der Waals surface area contributed by atoms with Crippen molar-refractivity contribution in [1.82, 2.24) is 9.55 Å². The summed E-state index contributed by atoms with van der Waals surface area (Å²) in [5.41, 5.74) is 5.39. The zero-order valence-electron chi connectivity index (χ0n) is 8.03. The van der Waals surface area contributed by atoms with Crippen molar-refractivity contribution in [3.63, 3.8) is 0 Å². The van der Waals surface area contributed by atoms with Crippen LogP contribution in [0.5, 0.6) is 0 Å². The number of carbonyl (C=O) groups is 1. The fourth-order valence-electron chi connectivity index (χ4n) is 1.03. The number of nitrogens with two attached hydrogens (primary N) is 1. The SMILES string of the molecule is CC(CN)C(=O)Cc1nccn1C. The van der Waals surface area contributed by atoms with Crippen LogP contribution < -0.4 is 5.73 Å². The lowest BCUT2D eigenvalue weighted by atomic mass is 10.0. The van der Waals surface area contributed by atoms with Crippen LogP contribution in [0, 0.1) is 5.92 Å². The van der Waals surface area contributed by atoms with E-state index in [1.807, 2.05) is 24.7 Å². The highest BCUT2D eigenvalue weighted by Crippen LogP contribution is 2.02. The Morgan fingerprint density at radius 1 is 1.77 bits per heavy atom. The van der Waals surface area contributed by atoms with Gasteiger partial charge in [0.05, 0.1) is 6.42 Å². The molecule has 0 saturated carbocycles. The van der Waals surface area contributed by atoms with E-state index >= 15 is 0 Å². The average molecular weight is 181 g/mol. The highest BCUT2D eigenvalue weighted by Gasteiger charge is 2.13. The Morgan fingerprint density at radius 3 is 2.92 bits per heavy atom. The lowest BCUT2D eigenvalue weighted by molar-refractivity contribution is -0.121. The molecule has 4 nitrogen and oxygen atoms in total. The van der Waals surface area contributed by atoms with Gasteiger partial charge < -0.3 is 10.3 Å². The van der Waals surface area contributed by atoms with Gasteiger partial charge in [0.25, 0.3) is 0 Å². The molecule has 0 radical (unpaired) electrons. The third kappa shape index (κ3) is 2.39. The third-order valence-corrected chi connectivity index (χ3v) is 2.16. The van der Waals surface area contributed by atoms with Gasteiger partial charge >= 0.3 is 0 Å². The first-order valence-electron chi connectivity index (χ1n) is 4.34. The van der Waals surface area contributed by atoms with Crippen molar-refractivity contribution in [2.45, 2.75) is 13.3 Å². The van der Waals surface area contributed by atoms with Gasteiger partial charge in [-0.25, -0.2) is 4.98 Å². The van der Waals surface area contributed by atoms with Gasteiger partial charge in [-0.05, 0) is 0 Å². The Hall–Kier alpha value is -1.16. The molecule has 1 atom stereocenters. The number of aryl methyl sites for hydroxylation is 1. The summed E-state index contributed by atoms with van der Waals surface area (Å²) in [5, 5.41) is 0. The van der Waals surface area contributed by atoms with Gasteiger partial charge in [0.1, 0.15) is 11.6 Å². The smallest absolute Gasteiger partial charge is 0.144 e. The van der Waals surface area contributed by atoms with E-state index in [1.165, 1.54) is 0 Å². The number of hydrogen-bond donors (Lipinski definition) is 1. The summed E-state index contributed by atoms with van der Waals surface area (Å²) in [6.07, 6.45) is 3.90. The summed E-state index contributed by atoms with van der Waals surface area (Å²) >= 11 is 0. The fourth-order valence-corrected chi connectivity index (χ4v) is 1.03. The minimum absolute atomic E-state index is 0.0725. The minimum Gasteiger partial charge on any atom is -0.338 e. The molecule has 1 heterocycles. The molecule has 2 N–H and O–H groups in total. The average Bonchev–Trinajstić information content (AvgIpc) is 2.50. The van der Waals surface area contributed by atoms with E-state index in [-0.39, 0.29) is 11.7 Å². The highest BCUT2D eigenvalue weighted by atomic mass is 16.1. The molecule has 0 aliphatic carbocycles. The first kappa shape index (κ1) is 9.92. The molecule has 13 heavy (non-hydrogen) atoms. The van der Waals surface area contributed by atoms with E-state index in [0.29, 0.717) is 13.0 Å². The maximum absolute atomic E-state index is 11.5. The first-order chi connectivity index (χ1) is 6.15. The van der Waals surface area contributed by atoms with Crippen molar-refractivity contribution in [3.8, 4) is 0 Å². The van der Waals surface area contributed by atoms with Crippen LogP contribution in [-0.2, 0) is 18.3 Å². The molecule has 1 rings (SSSR count). The number of rotatable bonds is 4. The number of ketones is 1. The van der Waals surface area contributed by atoms with E-state index in [9.17, 15) is 4.79 Å². The molecule has 0 fully saturated rings. The molecule has 0 aromatic carbocycles. The van der Waals surface area contributed by atoms with Crippen LogP contribution >= 0.6 is 0 Å². The van der Waals surface area contributed by atoms with Crippen LogP contribution in [0.2, 0.25) is 0 Å². The van der Waals surface area contributed by atoms with Gasteiger partial charge in [0.15, 0.2) is 0 Å². The predicted molar refractivity (Wildman–Crippen MR) is 50.1 cm³/mol. The second-order valence-electron chi connectivity index (χ2n) is 3.23. The number of nitrogens with zero attached hydrogens (tertiary/aromatic N) is 2. The Labute approximate surface area is 77.8 Å². The van der Waals surface area contributed by atoms with Gasteiger partial charge in [-0.3, -0.25) is 4.79 Å². The largest absolute Gasteiger partial charge is 0.338 e.